The lowest BCUT2D eigenvalue weighted by Crippen LogP contribution is -2.36. The molecule has 0 amide bonds. The number of hydrogen-bond acceptors (Lipinski definition) is 1. The molecule has 0 aliphatic heterocycles. The van der Waals surface area contributed by atoms with Crippen LogP contribution < -0.4 is 5.73 Å². The molecule has 1 atom stereocenters. The maximum atomic E-state index is 11.8. The molecular weight excluding hydrogens is 155 g/mol. The number of nitrogens with two attached hydrogens (primary N) is 1. The van der Waals surface area contributed by atoms with Crippen LogP contribution >= 0.6 is 0 Å². The molecule has 0 rings (SSSR count). The van der Waals surface area contributed by atoms with E-state index in [4.69, 9.17) is 5.73 Å². The maximum Gasteiger partial charge on any atom is 0.403 e. The third-order valence-corrected chi connectivity index (χ3v) is 1.54. The SMILES string of the molecule is CCCCC[C@H](N)C(F)(F)F. The van der Waals surface area contributed by atoms with Gasteiger partial charge in [0.05, 0.1) is 0 Å². The zero-order valence-electron chi connectivity index (χ0n) is 6.62. The molecule has 0 unspecified atom stereocenters. The van der Waals surface area contributed by atoms with Crippen molar-refractivity contribution < 1.29 is 13.2 Å². The maximum absolute atomic E-state index is 11.8. The monoisotopic (exact) mass is 169 g/mol. The van der Waals surface area contributed by atoms with Gasteiger partial charge in [-0.05, 0) is 6.42 Å². The van der Waals surface area contributed by atoms with E-state index in [0.717, 1.165) is 12.8 Å². The second-order valence-corrected chi connectivity index (χ2v) is 2.64. The zero-order valence-corrected chi connectivity index (χ0v) is 6.62. The number of alkyl halides is 3. The first-order valence-electron chi connectivity index (χ1n) is 3.80. The minimum absolute atomic E-state index is 0.0529. The molecule has 0 bridgehead atoms. The third-order valence-electron chi connectivity index (χ3n) is 1.54. The van der Waals surface area contributed by atoms with Crippen molar-refractivity contribution in [2.45, 2.75) is 44.8 Å². The van der Waals surface area contributed by atoms with Crippen molar-refractivity contribution in [2.24, 2.45) is 5.73 Å². The number of rotatable bonds is 4. The Balaban J connectivity index is 3.44. The Morgan fingerprint density at radius 3 is 2.18 bits per heavy atom. The van der Waals surface area contributed by atoms with Gasteiger partial charge in [-0.25, -0.2) is 0 Å². The highest BCUT2D eigenvalue weighted by atomic mass is 19.4. The molecule has 0 aromatic rings. The van der Waals surface area contributed by atoms with Gasteiger partial charge in [0.25, 0.3) is 0 Å². The van der Waals surface area contributed by atoms with E-state index in [1.54, 1.807) is 0 Å². The molecule has 11 heavy (non-hydrogen) atoms. The van der Waals surface area contributed by atoms with E-state index in [1.807, 2.05) is 6.92 Å². The van der Waals surface area contributed by atoms with Gasteiger partial charge in [-0.2, -0.15) is 13.2 Å². The van der Waals surface area contributed by atoms with Crippen molar-refractivity contribution in [2.75, 3.05) is 0 Å². The lowest BCUT2D eigenvalue weighted by atomic mass is 10.1. The summed E-state index contributed by atoms with van der Waals surface area (Å²) in [6, 6.07) is -1.63. The van der Waals surface area contributed by atoms with Gasteiger partial charge in [0.2, 0.25) is 0 Å². The summed E-state index contributed by atoms with van der Waals surface area (Å²) < 4.78 is 35.3. The highest BCUT2D eigenvalue weighted by molar-refractivity contribution is 4.69. The summed E-state index contributed by atoms with van der Waals surface area (Å²) in [6.45, 7) is 1.94. The van der Waals surface area contributed by atoms with E-state index in [-0.39, 0.29) is 6.42 Å². The van der Waals surface area contributed by atoms with E-state index in [1.165, 1.54) is 0 Å². The highest BCUT2D eigenvalue weighted by Crippen LogP contribution is 2.21. The summed E-state index contributed by atoms with van der Waals surface area (Å²) in [5, 5.41) is 0. The molecule has 0 heterocycles. The fraction of sp³-hybridized carbons (Fsp3) is 1.00. The van der Waals surface area contributed by atoms with E-state index < -0.39 is 12.2 Å². The highest BCUT2D eigenvalue weighted by Gasteiger charge is 2.35. The molecule has 0 aromatic heterocycles. The fourth-order valence-corrected chi connectivity index (χ4v) is 0.778. The van der Waals surface area contributed by atoms with Crippen molar-refractivity contribution in [3.63, 3.8) is 0 Å². The third kappa shape index (κ3) is 5.07. The van der Waals surface area contributed by atoms with Gasteiger partial charge in [0.1, 0.15) is 6.04 Å². The second-order valence-electron chi connectivity index (χ2n) is 2.64. The van der Waals surface area contributed by atoms with Gasteiger partial charge in [-0.15, -0.1) is 0 Å². The number of halogens is 3. The van der Waals surface area contributed by atoms with Crippen LogP contribution in [-0.4, -0.2) is 12.2 Å². The fourth-order valence-electron chi connectivity index (χ4n) is 0.778. The molecule has 0 spiro atoms. The summed E-state index contributed by atoms with van der Waals surface area (Å²) in [4.78, 5) is 0. The molecule has 1 nitrogen and oxygen atoms in total. The van der Waals surface area contributed by atoms with Gasteiger partial charge in [0.15, 0.2) is 0 Å². The first-order valence-corrected chi connectivity index (χ1v) is 3.80. The van der Waals surface area contributed by atoms with Crippen LogP contribution in [0.5, 0.6) is 0 Å². The predicted octanol–water partition coefficient (Wildman–Crippen LogP) is 2.46. The van der Waals surface area contributed by atoms with Crippen LogP contribution in [0.3, 0.4) is 0 Å². The van der Waals surface area contributed by atoms with Gasteiger partial charge >= 0.3 is 6.18 Å². The lowest BCUT2D eigenvalue weighted by Gasteiger charge is -2.14. The molecule has 0 radical (unpaired) electrons. The largest absolute Gasteiger partial charge is 0.403 e. The van der Waals surface area contributed by atoms with Crippen LogP contribution in [0.25, 0.3) is 0 Å². The minimum atomic E-state index is -4.21. The Morgan fingerprint density at radius 1 is 1.27 bits per heavy atom. The van der Waals surface area contributed by atoms with Crippen LogP contribution in [0.15, 0.2) is 0 Å². The molecular formula is C7H14F3N. The van der Waals surface area contributed by atoms with Gasteiger partial charge in [0, 0.05) is 0 Å². The molecule has 0 saturated carbocycles. The molecule has 68 valence electrons. The van der Waals surface area contributed by atoms with E-state index in [0.29, 0.717) is 6.42 Å². The Morgan fingerprint density at radius 2 is 1.82 bits per heavy atom. The summed E-state index contributed by atoms with van der Waals surface area (Å²) in [7, 11) is 0. The first kappa shape index (κ1) is 10.8. The number of hydrogen-bond donors (Lipinski definition) is 1. The second kappa shape index (κ2) is 4.59. The molecule has 0 fully saturated rings. The van der Waals surface area contributed by atoms with Crippen LogP contribution in [-0.2, 0) is 0 Å². The van der Waals surface area contributed by atoms with E-state index in [2.05, 4.69) is 0 Å². The lowest BCUT2D eigenvalue weighted by molar-refractivity contribution is -0.149. The van der Waals surface area contributed by atoms with Crippen LogP contribution in [0.2, 0.25) is 0 Å². The Kier molecular flexibility index (Phi) is 4.49. The Hall–Kier alpha value is -0.250. The van der Waals surface area contributed by atoms with Crippen molar-refractivity contribution >= 4 is 0 Å². The molecule has 0 saturated heterocycles. The summed E-state index contributed by atoms with van der Waals surface area (Å²) in [6.07, 6.45) is -1.85. The average Bonchev–Trinajstić information content (AvgIpc) is 1.86. The Bertz CT molecular complexity index is 100. The summed E-state index contributed by atoms with van der Waals surface area (Å²) in [5.74, 6) is 0. The molecule has 0 aliphatic rings. The average molecular weight is 169 g/mol. The Labute approximate surface area is 64.8 Å². The quantitative estimate of drug-likeness (QED) is 0.643. The molecule has 4 heteroatoms. The first-order chi connectivity index (χ1) is 4.98. The van der Waals surface area contributed by atoms with Crippen molar-refractivity contribution in [1.82, 2.24) is 0 Å². The zero-order chi connectivity index (χ0) is 8.91. The number of unbranched alkanes of at least 4 members (excludes halogenated alkanes) is 2. The van der Waals surface area contributed by atoms with Gasteiger partial charge in [-0.1, -0.05) is 26.2 Å². The molecule has 0 aliphatic carbocycles. The van der Waals surface area contributed by atoms with Crippen LogP contribution in [0.1, 0.15) is 32.6 Å². The minimum Gasteiger partial charge on any atom is -0.320 e. The van der Waals surface area contributed by atoms with Crippen molar-refractivity contribution in [1.29, 1.82) is 0 Å². The predicted molar refractivity (Wildman–Crippen MR) is 38.2 cm³/mol. The van der Waals surface area contributed by atoms with Gasteiger partial charge < -0.3 is 5.73 Å². The standard InChI is InChI=1S/C7H14F3N/c1-2-3-4-5-6(11)7(8,9)10/h6H,2-5,11H2,1H3/t6-/m0/s1. The topological polar surface area (TPSA) is 26.0 Å². The van der Waals surface area contributed by atoms with Crippen molar-refractivity contribution in [3.05, 3.63) is 0 Å². The summed E-state index contributed by atoms with van der Waals surface area (Å²) in [5.41, 5.74) is 4.87. The van der Waals surface area contributed by atoms with Gasteiger partial charge in [-0.3, -0.25) is 0 Å². The summed E-state index contributed by atoms with van der Waals surface area (Å²) >= 11 is 0. The normalized spacial score (nSPS) is 15.0. The van der Waals surface area contributed by atoms with Crippen molar-refractivity contribution in [3.8, 4) is 0 Å². The smallest absolute Gasteiger partial charge is 0.320 e. The van der Waals surface area contributed by atoms with Crippen LogP contribution in [0, 0.1) is 0 Å². The molecule has 0 aromatic carbocycles. The van der Waals surface area contributed by atoms with E-state index >= 15 is 0 Å². The van der Waals surface area contributed by atoms with Crippen LogP contribution in [0.4, 0.5) is 13.2 Å². The van der Waals surface area contributed by atoms with E-state index in [9.17, 15) is 13.2 Å². The molecule has 2 N–H and O–H groups in total.